The smallest absolute Gasteiger partial charge is 0.342 e. The summed E-state index contributed by atoms with van der Waals surface area (Å²) in [5, 5.41) is 1.06. The third-order valence-electron chi connectivity index (χ3n) is 5.07. The maximum atomic E-state index is 13.0. The molecule has 0 bridgehead atoms. The molecule has 0 fully saturated rings. The first-order chi connectivity index (χ1) is 15.1. The maximum Gasteiger partial charge on any atom is 0.342 e. The van der Waals surface area contributed by atoms with E-state index in [0.717, 1.165) is 15.8 Å². The Balaban J connectivity index is 1.52. The van der Waals surface area contributed by atoms with Gasteiger partial charge in [0.2, 0.25) is 0 Å². The van der Waals surface area contributed by atoms with Gasteiger partial charge in [0.05, 0.1) is 15.6 Å². The first-order valence-corrected chi connectivity index (χ1v) is 10.6. The number of hydrogen-bond donors (Lipinski definition) is 0. The van der Waals surface area contributed by atoms with Gasteiger partial charge in [-0.15, -0.1) is 11.3 Å². The predicted molar refractivity (Wildman–Crippen MR) is 121 cm³/mol. The number of thiazole rings is 1. The highest BCUT2D eigenvalue weighted by molar-refractivity contribution is 7.18. The van der Waals surface area contributed by atoms with Crippen molar-refractivity contribution in [3.05, 3.63) is 99.2 Å². The first-order valence-electron chi connectivity index (χ1n) is 9.75. The minimum Gasteiger partial charge on any atom is -0.455 e. The molecule has 0 radical (unpaired) electrons. The summed E-state index contributed by atoms with van der Waals surface area (Å²) >= 11 is 1.48. The normalized spacial score (nSPS) is 11.1. The minimum atomic E-state index is -0.559. The average Bonchev–Trinajstić information content (AvgIpc) is 3.23. The molecule has 6 heteroatoms. The molecule has 0 atom stereocenters. The van der Waals surface area contributed by atoms with Gasteiger partial charge in [0.15, 0.2) is 11.0 Å². The molecular formula is C25H17NO4S. The van der Waals surface area contributed by atoms with Crippen LogP contribution < -0.4 is 5.43 Å². The quantitative estimate of drug-likeness (QED) is 0.342. The monoisotopic (exact) mass is 427 g/mol. The lowest BCUT2D eigenvalue weighted by Crippen LogP contribution is -2.11. The molecule has 0 saturated carbocycles. The van der Waals surface area contributed by atoms with Crippen LogP contribution >= 0.6 is 11.3 Å². The fourth-order valence-corrected chi connectivity index (χ4v) is 4.40. The highest BCUT2D eigenvalue weighted by atomic mass is 32.1. The van der Waals surface area contributed by atoms with Crippen LogP contribution in [0.25, 0.3) is 32.5 Å². The highest BCUT2D eigenvalue weighted by Gasteiger charge is 2.19. The topological polar surface area (TPSA) is 69.4 Å². The van der Waals surface area contributed by atoms with E-state index in [2.05, 4.69) is 4.98 Å². The van der Waals surface area contributed by atoms with Crippen molar-refractivity contribution >= 4 is 38.5 Å². The van der Waals surface area contributed by atoms with Crippen LogP contribution in [0.3, 0.4) is 0 Å². The molecule has 2 aromatic heterocycles. The number of carbonyl (C=O) groups excluding carboxylic acids is 1. The van der Waals surface area contributed by atoms with Gasteiger partial charge in [-0.25, -0.2) is 9.78 Å². The SMILES string of the molecule is Cc1c(-c2ccccc2)oc2c(C(=O)OCc3nc4ccccc4s3)cccc2c1=O. The van der Waals surface area contributed by atoms with Gasteiger partial charge in [-0.05, 0) is 31.2 Å². The number of aromatic nitrogens is 1. The summed E-state index contributed by atoms with van der Waals surface area (Å²) in [4.78, 5) is 30.3. The summed E-state index contributed by atoms with van der Waals surface area (Å²) in [6.45, 7) is 1.78. The average molecular weight is 427 g/mol. The maximum absolute atomic E-state index is 13.0. The van der Waals surface area contributed by atoms with E-state index in [1.54, 1.807) is 25.1 Å². The van der Waals surface area contributed by atoms with Gasteiger partial charge in [0, 0.05) is 11.1 Å². The van der Waals surface area contributed by atoms with Gasteiger partial charge in [0.1, 0.15) is 22.9 Å². The zero-order chi connectivity index (χ0) is 21.4. The van der Waals surface area contributed by atoms with Crippen molar-refractivity contribution in [1.29, 1.82) is 0 Å². The van der Waals surface area contributed by atoms with E-state index in [0.29, 0.717) is 21.7 Å². The number of para-hydroxylation sites is 2. The van der Waals surface area contributed by atoms with Crippen LogP contribution in [-0.4, -0.2) is 11.0 Å². The number of benzene rings is 3. The fraction of sp³-hybridized carbons (Fsp3) is 0.0800. The van der Waals surface area contributed by atoms with Crippen LogP contribution in [0.5, 0.6) is 0 Å². The van der Waals surface area contributed by atoms with Crippen molar-refractivity contribution in [3.8, 4) is 11.3 Å². The molecule has 31 heavy (non-hydrogen) atoms. The Hall–Kier alpha value is -3.77. The lowest BCUT2D eigenvalue weighted by atomic mass is 10.0. The van der Waals surface area contributed by atoms with Gasteiger partial charge in [0.25, 0.3) is 0 Å². The molecule has 0 unspecified atom stereocenters. The molecule has 0 aliphatic heterocycles. The molecule has 0 amide bonds. The summed E-state index contributed by atoms with van der Waals surface area (Å²) in [5.74, 6) is -0.111. The van der Waals surface area contributed by atoms with Crippen LogP contribution in [0, 0.1) is 6.92 Å². The Morgan fingerprint density at radius 3 is 2.58 bits per heavy atom. The van der Waals surface area contributed by atoms with Crippen molar-refractivity contribution in [2.24, 2.45) is 0 Å². The molecule has 5 rings (SSSR count). The van der Waals surface area contributed by atoms with E-state index in [-0.39, 0.29) is 23.2 Å². The predicted octanol–water partition coefficient (Wildman–Crippen LogP) is 5.74. The van der Waals surface area contributed by atoms with E-state index in [4.69, 9.17) is 9.15 Å². The van der Waals surface area contributed by atoms with Gasteiger partial charge in [-0.1, -0.05) is 48.5 Å². The number of esters is 1. The van der Waals surface area contributed by atoms with Crippen molar-refractivity contribution < 1.29 is 13.9 Å². The third-order valence-corrected chi connectivity index (χ3v) is 6.08. The zero-order valence-electron chi connectivity index (χ0n) is 16.6. The summed E-state index contributed by atoms with van der Waals surface area (Å²) in [7, 11) is 0. The Morgan fingerprint density at radius 1 is 1.00 bits per heavy atom. The Morgan fingerprint density at radius 2 is 1.77 bits per heavy atom. The van der Waals surface area contributed by atoms with Crippen molar-refractivity contribution in [2.75, 3.05) is 0 Å². The van der Waals surface area contributed by atoms with Gasteiger partial charge >= 0.3 is 5.97 Å². The Kier molecular flexibility index (Phi) is 4.84. The number of nitrogens with zero attached hydrogens (tertiary/aromatic N) is 1. The molecule has 2 heterocycles. The zero-order valence-corrected chi connectivity index (χ0v) is 17.4. The van der Waals surface area contributed by atoms with Crippen LogP contribution in [0.1, 0.15) is 20.9 Å². The van der Waals surface area contributed by atoms with Crippen LogP contribution in [0.15, 0.2) is 82.0 Å². The molecule has 3 aromatic carbocycles. The molecular weight excluding hydrogens is 410 g/mol. The summed E-state index contributed by atoms with van der Waals surface area (Å²) in [6.07, 6.45) is 0. The van der Waals surface area contributed by atoms with Crippen molar-refractivity contribution in [3.63, 3.8) is 0 Å². The lowest BCUT2D eigenvalue weighted by Gasteiger charge is -2.10. The second-order valence-corrected chi connectivity index (χ2v) is 8.20. The van der Waals surface area contributed by atoms with Crippen LogP contribution in [-0.2, 0) is 11.3 Å². The largest absolute Gasteiger partial charge is 0.455 e. The van der Waals surface area contributed by atoms with Crippen LogP contribution in [0.2, 0.25) is 0 Å². The van der Waals surface area contributed by atoms with Crippen molar-refractivity contribution in [2.45, 2.75) is 13.5 Å². The molecule has 5 nitrogen and oxygen atoms in total. The number of hydrogen-bond acceptors (Lipinski definition) is 6. The second-order valence-electron chi connectivity index (χ2n) is 7.09. The summed E-state index contributed by atoms with van der Waals surface area (Å²) in [6, 6.07) is 22.1. The molecule has 152 valence electrons. The lowest BCUT2D eigenvalue weighted by molar-refractivity contribution is 0.0473. The summed E-state index contributed by atoms with van der Waals surface area (Å²) in [5.41, 5.74) is 2.42. The van der Waals surface area contributed by atoms with E-state index >= 15 is 0 Å². The molecule has 0 N–H and O–H groups in total. The van der Waals surface area contributed by atoms with Crippen molar-refractivity contribution in [1.82, 2.24) is 4.98 Å². The van der Waals surface area contributed by atoms with Gasteiger partial charge in [-0.3, -0.25) is 4.79 Å². The van der Waals surface area contributed by atoms with E-state index in [1.165, 1.54) is 11.3 Å². The van der Waals surface area contributed by atoms with E-state index in [9.17, 15) is 9.59 Å². The Bertz CT molecular complexity index is 1450. The second kappa shape index (κ2) is 7.81. The van der Waals surface area contributed by atoms with Gasteiger partial charge < -0.3 is 9.15 Å². The highest BCUT2D eigenvalue weighted by Crippen LogP contribution is 2.28. The third kappa shape index (κ3) is 3.51. The number of fused-ring (bicyclic) bond motifs is 2. The van der Waals surface area contributed by atoms with Gasteiger partial charge in [-0.2, -0.15) is 0 Å². The molecule has 0 spiro atoms. The fourth-order valence-electron chi connectivity index (χ4n) is 3.52. The first kappa shape index (κ1) is 19.2. The molecule has 0 aliphatic rings. The number of carbonyl (C=O) groups is 1. The minimum absolute atomic E-state index is 0.0518. The molecule has 0 aliphatic carbocycles. The van der Waals surface area contributed by atoms with E-state index < -0.39 is 5.97 Å². The van der Waals surface area contributed by atoms with E-state index in [1.807, 2.05) is 54.6 Å². The standard InChI is InChI=1S/C25H17NO4S/c1-15-22(27)17-10-7-11-18(24(17)30-23(15)16-8-3-2-4-9-16)25(28)29-14-21-26-19-12-5-6-13-20(19)31-21/h2-13H,14H2,1H3. The number of rotatable bonds is 4. The molecule has 0 saturated heterocycles. The summed E-state index contributed by atoms with van der Waals surface area (Å²) < 4.78 is 12.6. The van der Waals surface area contributed by atoms with Crippen LogP contribution in [0.4, 0.5) is 0 Å². The number of ether oxygens (including phenoxy) is 1. The molecule has 5 aromatic rings. The Labute approximate surface area is 181 Å².